The summed E-state index contributed by atoms with van der Waals surface area (Å²) in [6.45, 7) is 2.86. The number of hydrogen-bond acceptors (Lipinski definition) is 3. The minimum Gasteiger partial charge on any atom is -0.457 e. The Morgan fingerprint density at radius 2 is 1.40 bits per heavy atom. The maximum atomic E-state index is 11.8. The van der Waals surface area contributed by atoms with E-state index < -0.39 is 6.09 Å². The Bertz CT molecular complexity index is 611. The molecule has 0 spiro atoms. The van der Waals surface area contributed by atoms with Gasteiger partial charge in [-0.15, -0.1) is 0 Å². The van der Waals surface area contributed by atoms with E-state index in [-0.39, 0.29) is 0 Å². The van der Waals surface area contributed by atoms with Crippen molar-refractivity contribution in [1.82, 2.24) is 5.32 Å². The van der Waals surface area contributed by atoms with Crippen molar-refractivity contribution in [3.63, 3.8) is 0 Å². The predicted octanol–water partition coefficient (Wildman–Crippen LogP) is 5.93. The standard InChI is InChI=1S/C21H27NO3/c1-2-3-4-5-6-10-17-22-21(23)25-20-15-13-19(14-16-20)24-18-11-8-7-9-12-18/h7-9,11-16H,2-6,10,17H2,1H3,(H,22,23). The van der Waals surface area contributed by atoms with Gasteiger partial charge in [0.05, 0.1) is 0 Å². The molecule has 25 heavy (non-hydrogen) atoms. The summed E-state index contributed by atoms with van der Waals surface area (Å²) in [7, 11) is 0. The van der Waals surface area contributed by atoms with Gasteiger partial charge in [-0.1, -0.05) is 57.2 Å². The zero-order valence-electron chi connectivity index (χ0n) is 14.9. The third kappa shape index (κ3) is 7.75. The first-order valence-electron chi connectivity index (χ1n) is 9.06. The molecular weight excluding hydrogens is 314 g/mol. The average Bonchev–Trinajstić information content (AvgIpc) is 2.63. The molecule has 0 aliphatic carbocycles. The highest BCUT2D eigenvalue weighted by atomic mass is 16.6. The third-order valence-corrected chi connectivity index (χ3v) is 3.81. The van der Waals surface area contributed by atoms with Crippen molar-refractivity contribution >= 4 is 6.09 Å². The van der Waals surface area contributed by atoms with Gasteiger partial charge in [0.1, 0.15) is 17.2 Å². The summed E-state index contributed by atoms with van der Waals surface area (Å²) < 4.78 is 11.0. The van der Waals surface area contributed by atoms with Crippen LogP contribution < -0.4 is 14.8 Å². The molecule has 4 nitrogen and oxygen atoms in total. The van der Waals surface area contributed by atoms with Crippen molar-refractivity contribution in [2.24, 2.45) is 0 Å². The molecule has 0 fully saturated rings. The average molecular weight is 341 g/mol. The number of para-hydroxylation sites is 1. The molecule has 2 aromatic rings. The number of ether oxygens (including phenoxy) is 2. The second-order valence-electron chi connectivity index (χ2n) is 5.97. The lowest BCUT2D eigenvalue weighted by molar-refractivity contribution is 0.200. The zero-order valence-corrected chi connectivity index (χ0v) is 14.9. The van der Waals surface area contributed by atoms with E-state index in [4.69, 9.17) is 9.47 Å². The highest BCUT2D eigenvalue weighted by Gasteiger charge is 2.04. The summed E-state index contributed by atoms with van der Waals surface area (Å²) in [5.41, 5.74) is 0. The van der Waals surface area contributed by atoms with E-state index in [1.54, 1.807) is 24.3 Å². The van der Waals surface area contributed by atoms with Gasteiger partial charge >= 0.3 is 6.09 Å². The molecule has 0 aromatic heterocycles. The van der Waals surface area contributed by atoms with Crippen LogP contribution in [0.1, 0.15) is 45.4 Å². The normalized spacial score (nSPS) is 10.3. The van der Waals surface area contributed by atoms with Crippen molar-refractivity contribution in [2.75, 3.05) is 6.54 Å². The van der Waals surface area contributed by atoms with Gasteiger partial charge in [0.15, 0.2) is 0 Å². The van der Waals surface area contributed by atoms with Gasteiger partial charge in [-0.25, -0.2) is 4.79 Å². The van der Waals surface area contributed by atoms with Crippen LogP contribution in [0.4, 0.5) is 4.79 Å². The molecule has 2 rings (SSSR count). The van der Waals surface area contributed by atoms with Crippen LogP contribution in [-0.2, 0) is 0 Å². The minimum atomic E-state index is -0.412. The quantitative estimate of drug-likeness (QED) is 0.545. The van der Waals surface area contributed by atoms with E-state index in [1.807, 2.05) is 30.3 Å². The van der Waals surface area contributed by atoms with Gasteiger partial charge in [0.2, 0.25) is 0 Å². The second kappa shape index (κ2) is 11.1. The van der Waals surface area contributed by atoms with Crippen LogP contribution in [0.5, 0.6) is 17.2 Å². The van der Waals surface area contributed by atoms with Crippen LogP contribution in [0, 0.1) is 0 Å². The van der Waals surface area contributed by atoms with Gasteiger partial charge in [0, 0.05) is 6.54 Å². The Morgan fingerprint density at radius 3 is 2.12 bits per heavy atom. The monoisotopic (exact) mass is 341 g/mol. The maximum Gasteiger partial charge on any atom is 0.412 e. The highest BCUT2D eigenvalue weighted by Crippen LogP contribution is 2.23. The maximum absolute atomic E-state index is 11.8. The second-order valence-corrected chi connectivity index (χ2v) is 5.97. The molecule has 0 bridgehead atoms. The lowest BCUT2D eigenvalue weighted by atomic mass is 10.1. The predicted molar refractivity (Wildman–Crippen MR) is 100 cm³/mol. The number of amides is 1. The summed E-state index contributed by atoms with van der Waals surface area (Å²) in [6, 6.07) is 16.6. The number of nitrogens with one attached hydrogen (secondary N) is 1. The van der Waals surface area contributed by atoms with Crippen molar-refractivity contribution in [3.8, 4) is 17.2 Å². The summed E-state index contributed by atoms with van der Waals surface area (Å²) in [4.78, 5) is 11.8. The molecule has 134 valence electrons. The van der Waals surface area contributed by atoms with Crippen LogP contribution >= 0.6 is 0 Å². The molecule has 0 unspecified atom stereocenters. The molecule has 0 saturated carbocycles. The van der Waals surface area contributed by atoms with Crippen molar-refractivity contribution in [1.29, 1.82) is 0 Å². The van der Waals surface area contributed by atoms with Crippen molar-refractivity contribution in [3.05, 3.63) is 54.6 Å². The van der Waals surface area contributed by atoms with Crippen molar-refractivity contribution in [2.45, 2.75) is 45.4 Å². The Hall–Kier alpha value is -2.49. The Balaban J connectivity index is 1.65. The number of carbonyl (C=O) groups excluding carboxylic acids is 1. The molecule has 0 radical (unpaired) electrons. The molecule has 1 N–H and O–H groups in total. The van der Waals surface area contributed by atoms with Gasteiger partial charge < -0.3 is 14.8 Å². The van der Waals surface area contributed by atoms with Crippen molar-refractivity contribution < 1.29 is 14.3 Å². The highest BCUT2D eigenvalue weighted by molar-refractivity contribution is 5.70. The molecule has 2 aromatic carbocycles. The van der Waals surface area contributed by atoms with Gasteiger partial charge in [-0.05, 0) is 42.8 Å². The van der Waals surface area contributed by atoms with Crippen LogP contribution in [0.25, 0.3) is 0 Å². The van der Waals surface area contributed by atoms with Gasteiger partial charge in [-0.3, -0.25) is 0 Å². The first-order valence-corrected chi connectivity index (χ1v) is 9.06. The number of rotatable bonds is 10. The van der Waals surface area contributed by atoms with E-state index >= 15 is 0 Å². The summed E-state index contributed by atoms with van der Waals surface area (Å²) in [6.07, 6.45) is 6.77. The van der Waals surface area contributed by atoms with Crippen LogP contribution in [0.2, 0.25) is 0 Å². The zero-order chi connectivity index (χ0) is 17.7. The molecular formula is C21H27NO3. The summed E-state index contributed by atoms with van der Waals surface area (Å²) in [5.74, 6) is 1.97. The summed E-state index contributed by atoms with van der Waals surface area (Å²) in [5, 5.41) is 2.78. The molecule has 0 atom stereocenters. The largest absolute Gasteiger partial charge is 0.457 e. The van der Waals surface area contributed by atoms with Gasteiger partial charge in [0.25, 0.3) is 0 Å². The van der Waals surface area contributed by atoms with E-state index in [0.29, 0.717) is 18.0 Å². The lowest BCUT2D eigenvalue weighted by Gasteiger charge is -2.08. The van der Waals surface area contributed by atoms with E-state index in [1.165, 1.54) is 25.7 Å². The lowest BCUT2D eigenvalue weighted by Crippen LogP contribution is -2.27. The molecule has 1 amide bonds. The Morgan fingerprint density at radius 1 is 0.800 bits per heavy atom. The number of hydrogen-bond donors (Lipinski definition) is 1. The number of benzene rings is 2. The SMILES string of the molecule is CCCCCCCCNC(=O)Oc1ccc(Oc2ccccc2)cc1. The molecule has 4 heteroatoms. The van der Waals surface area contributed by atoms with E-state index in [9.17, 15) is 4.79 Å². The fourth-order valence-electron chi connectivity index (χ4n) is 2.44. The topological polar surface area (TPSA) is 47.6 Å². The Kier molecular flexibility index (Phi) is 8.39. The third-order valence-electron chi connectivity index (χ3n) is 3.81. The van der Waals surface area contributed by atoms with Crippen LogP contribution in [-0.4, -0.2) is 12.6 Å². The van der Waals surface area contributed by atoms with Crippen LogP contribution in [0.15, 0.2) is 54.6 Å². The first kappa shape index (κ1) is 18.8. The summed E-state index contributed by atoms with van der Waals surface area (Å²) >= 11 is 0. The Labute approximate surface area is 150 Å². The smallest absolute Gasteiger partial charge is 0.412 e. The minimum absolute atomic E-state index is 0.412. The number of unbranched alkanes of at least 4 members (excludes halogenated alkanes) is 5. The fourth-order valence-corrected chi connectivity index (χ4v) is 2.44. The van der Waals surface area contributed by atoms with E-state index in [0.717, 1.165) is 18.6 Å². The molecule has 0 saturated heterocycles. The fraction of sp³-hybridized carbons (Fsp3) is 0.381. The number of carbonyl (C=O) groups is 1. The molecule has 0 aliphatic heterocycles. The van der Waals surface area contributed by atoms with Gasteiger partial charge in [-0.2, -0.15) is 0 Å². The van der Waals surface area contributed by atoms with Crippen LogP contribution in [0.3, 0.4) is 0 Å². The first-order chi connectivity index (χ1) is 12.3. The molecule has 0 heterocycles. The van der Waals surface area contributed by atoms with E-state index in [2.05, 4.69) is 12.2 Å². The molecule has 0 aliphatic rings.